The summed E-state index contributed by atoms with van der Waals surface area (Å²) in [5.41, 5.74) is 2.04. The van der Waals surface area contributed by atoms with Crippen molar-refractivity contribution in [1.29, 1.82) is 0 Å². The third kappa shape index (κ3) is 5.40. The van der Waals surface area contributed by atoms with E-state index in [1.807, 2.05) is 45.0 Å². The van der Waals surface area contributed by atoms with Gasteiger partial charge in [0.05, 0.1) is 0 Å². The number of anilines is 1. The van der Waals surface area contributed by atoms with Crippen molar-refractivity contribution in [3.05, 3.63) is 29.8 Å². The van der Waals surface area contributed by atoms with Gasteiger partial charge >= 0.3 is 0 Å². The molecule has 2 atom stereocenters. The summed E-state index contributed by atoms with van der Waals surface area (Å²) in [6, 6.07) is 7.10. The van der Waals surface area contributed by atoms with E-state index in [0.29, 0.717) is 16.6 Å². The number of hydrogen-bond acceptors (Lipinski definition) is 5. The van der Waals surface area contributed by atoms with Crippen molar-refractivity contribution < 1.29 is 9.59 Å². The summed E-state index contributed by atoms with van der Waals surface area (Å²) in [6.07, 6.45) is 0.693. The normalized spacial score (nSPS) is 13.3. The summed E-state index contributed by atoms with van der Waals surface area (Å²) >= 11 is 12.4. The van der Waals surface area contributed by atoms with Crippen LogP contribution in [0.1, 0.15) is 25.8 Å². The lowest BCUT2D eigenvalue weighted by molar-refractivity contribution is -0.126. The number of amides is 2. The fraction of sp³-hybridized carbons (Fsp3) is 0.412. The van der Waals surface area contributed by atoms with Crippen LogP contribution in [0.3, 0.4) is 0 Å². The van der Waals surface area contributed by atoms with E-state index in [2.05, 4.69) is 20.8 Å². The molecule has 9 heteroatoms. The maximum atomic E-state index is 12.6. The third-order valence-electron chi connectivity index (χ3n) is 3.91. The predicted molar refractivity (Wildman–Crippen MR) is 106 cm³/mol. The number of nitrogens with one attached hydrogen (secondary N) is 2. The Kier molecular flexibility index (Phi) is 7.37. The molecule has 0 aliphatic rings. The molecule has 0 radical (unpaired) electrons. The van der Waals surface area contributed by atoms with E-state index in [0.717, 1.165) is 11.1 Å². The zero-order valence-electron chi connectivity index (χ0n) is 14.6. The molecule has 0 spiro atoms. The summed E-state index contributed by atoms with van der Waals surface area (Å²) in [5, 5.41) is 14.5. The van der Waals surface area contributed by atoms with Gasteiger partial charge in [-0.1, -0.05) is 78.6 Å². The Labute approximate surface area is 166 Å². The van der Waals surface area contributed by atoms with E-state index in [9.17, 15) is 9.59 Å². The maximum Gasteiger partial charge on any atom is 0.253 e. The molecule has 0 unspecified atom stereocenters. The number of aromatic nitrogens is 2. The largest absolute Gasteiger partial charge is 0.342 e. The molecule has 2 aromatic rings. The lowest BCUT2D eigenvalue weighted by atomic mass is 9.98. The highest BCUT2D eigenvalue weighted by atomic mass is 35.5. The average molecular weight is 415 g/mol. The summed E-state index contributed by atoms with van der Waals surface area (Å²) in [4.78, 5) is 23.1. The molecule has 0 aliphatic heterocycles. The molecule has 0 bridgehead atoms. The number of carbonyl (C=O) groups excluding carboxylic acids is 2. The molecular formula is C17H20Cl2N4O2S. The highest BCUT2D eigenvalue weighted by molar-refractivity contribution is 7.18. The van der Waals surface area contributed by atoms with Gasteiger partial charge in [0.1, 0.15) is 11.0 Å². The second-order valence-corrected chi connectivity index (χ2v) is 8.02. The monoisotopic (exact) mass is 414 g/mol. The van der Waals surface area contributed by atoms with E-state index in [1.165, 1.54) is 11.3 Å². The molecule has 1 aromatic heterocycles. The molecule has 1 heterocycles. The highest BCUT2D eigenvalue weighted by Crippen LogP contribution is 2.27. The van der Waals surface area contributed by atoms with Gasteiger partial charge in [0.15, 0.2) is 4.84 Å². The van der Waals surface area contributed by atoms with Crippen LogP contribution in [-0.4, -0.2) is 32.9 Å². The minimum Gasteiger partial charge on any atom is -0.342 e. The van der Waals surface area contributed by atoms with Gasteiger partial charge in [-0.2, -0.15) is 0 Å². The van der Waals surface area contributed by atoms with E-state index >= 15 is 0 Å². The summed E-state index contributed by atoms with van der Waals surface area (Å²) in [6.45, 7) is 5.78. The van der Waals surface area contributed by atoms with Gasteiger partial charge in [0, 0.05) is 5.56 Å². The van der Waals surface area contributed by atoms with Crippen molar-refractivity contribution in [2.24, 2.45) is 5.92 Å². The molecule has 140 valence electrons. The molecule has 26 heavy (non-hydrogen) atoms. The number of halogens is 2. The quantitative estimate of drug-likeness (QED) is 0.674. The zero-order chi connectivity index (χ0) is 19.3. The Morgan fingerprint density at radius 1 is 1.23 bits per heavy atom. The Hall–Kier alpha value is -1.70. The van der Waals surface area contributed by atoms with Crippen molar-refractivity contribution in [3.63, 3.8) is 0 Å². The number of aryl methyl sites for hydroxylation is 1. The molecule has 2 N–H and O–H groups in total. The van der Waals surface area contributed by atoms with Crippen LogP contribution in [0, 0.1) is 12.8 Å². The summed E-state index contributed by atoms with van der Waals surface area (Å²) in [7, 11) is 0. The Morgan fingerprint density at radius 3 is 2.58 bits per heavy atom. The molecular weight excluding hydrogens is 395 g/mol. The fourth-order valence-corrected chi connectivity index (χ4v) is 3.14. The molecule has 6 nitrogen and oxygen atoms in total. The minimum atomic E-state index is -1.23. The second kappa shape index (κ2) is 9.30. The number of carbonyl (C=O) groups is 2. The standard InChI is InChI=1S/C17H20Cl2N4O2S/c1-4-10(3)12(20-15(25)13(18)19)14(24)21-17-23-22-16(26-17)11-7-5-6-9(2)8-11/h5-8,10,12-13H,4H2,1-3H3,(H,20,25)(H,21,23,24)/t10-,12+/m0/s1. The molecule has 0 saturated carbocycles. The highest BCUT2D eigenvalue weighted by Gasteiger charge is 2.28. The summed E-state index contributed by atoms with van der Waals surface area (Å²) in [5.74, 6) is -1.09. The van der Waals surface area contributed by atoms with E-state index in [1.54, 1.807) is 0 Å². The van der Waals surface area contributed by atoms with E-state index in [-0.39, 0.29) is 11.8 Å². The Balaban J connectivity index is 2.12. The second-order valence-electron chi connectivity index (χ2n) is 5.94. The van der Waals surface area contributed by atoms with Gasteiger partial charge in [-0.25, -0.2) is 0 Å². The number of rotatable bonds is 7. The van der Waals surface area contributed by atoms with Crippen LogP contribution in [0.5, 0.6) is 0 Å². The Bertz CT molecular complexity index is 782. The van der Waals surface area contributed by atoms with Gasteiger partial charge in [-0.3, -0.25) is 14.9 Å². The van der Waals surface area contributed by atoms with E-state index in [4.69, 9.17) is 23.2 Å². The van der Waals surface area contributed by atoms with Crippen molar-refractivity contribution in [1.82, 2.24) is 15.5 Å². The number of hydrogen-bond donors (Lipinski definition) is 2. The van der Waals surface area contributed by atoms with Crippen LogP contribution in [0.2, 0.25) is 0 Å². The number of alkyl halides is 2. The minimum absolute atomic E-state index is 0.102. The Morgan fingerprint density at radius 2 is 1.96 bits per heavy atom. The van der Waals surface area contributed by atoms with Gasteiger partial charge in [-0.15, -0.1) is 10.2 Å². The van der Waals surface area contributed by atoms with Gasteiger partial charge < -0.3 is 5.32 Å². The lowest BCUT2D eigenvalue weighted by Crippen LogP contribution is -2.49. The van der Waals surface area contributed by atoms with Crippen molar-refractivity contribution >= 4 is 51.5 Å². The smallest absolute Gasteiger partial charge is 0.253 e. The first-order valence-corrected chi connectivity index (χ1v) is 9.80. The number of benzene rings is 1. The van der Waals surface area contributed by atoms with Crippen molar-refractivity contribution in [2.75, 3.05) is 5.32 Å². The fourth-order valence-electron chi connectivity index (χ4n) is 2.27. The average Bonchev–Trinajstić information content (AvgIpc) is 3.07. The van der Waals surface area contributed by atoms with E-state index < -0.39 is 16.8 Å². The van der Waals surface area contributed by atoms with Crippen molar-refractivity contribution in [3.8, 4) is 10.6 Å². The predicted octanol–water partition coefficient (Wildman–Crippen LogP) is 3.79. The first kappa shape index (κ1) is 20.6. The van der Waals surface area contributed by atoms with Crippen LogP contribution in [0.25, 0.3) is 10.6 Å². The topological polar surface area (TPSA) is 84.0 Å². The third-order valence-corrected chi connectivity index (χ3v) is 5.20. The summed E-state index contributed by atoms with van der Waals surface area (Å²) < 4.78 is 0. The molecule has 2 amide bonds. The molecule has 0 saturated heterocycles. The lowest BCUT2D eigenvalue weighted by Gasteiger charge is -2.23. The molecule has 2 rings (SSSR count). The molecule has 1 aromatic carbocycles. The van der Waals surface area contributed by atoms with Gasteiger partial charge in [0.25, 0.3) is 5.91 Å². The van der Waals surface area contributed by atoms with Crippen LogP contribution in [0.4, 0.5) is 5.13 Å². The molecule has 0 aliphatic carbocycles. The molecule has 0 fully saturated rings. The van der Waals surface area contributed by atoms with Gasteiger partial charge in [0.2, 0.25) is 11.0 Å². The van der Waals surface area contributed by atoms with Crippen LogP contribution in [-0.2, 0) is 9.59 Å². The first-order valence-electron chi connectivity index (χ1n) is 8.11. The van der Waals surface area contributed by atoms with Crippen LogP contribution in [0.15, 0.2) is 24.3 Å². The first-order chi connectivity index (χ1) is 12.3. The van der Waals surface area contributed by atoms with Crippen LogP contribution < -0.4 is 10.6 Å². The maximum absolute atomic E-state index is 12.6. The van der Waals surface area contributed by atoms with Gasteiger partial charge in [-0.05, 0) is 18.9 Å². The van der Waals surface area contributed by atoms with Crippen molar-refractivity contribution in [2.45, 2.75) is 38.1 Å². The SMILES string of the molecule is CC[C@H](C)[C@@H](NC(=O)C(Cl)Cl)C(=O)Nc1nnc(-c2cccc(C)c2)s1. The van der Waals surface area contributed by atoms with Crippen LogP contribution >= 0.6 is 34.5 Å². The number of nitrogens with zero attached hydrogens (tertiary/aromatic N) is 2. The zero-order valence-corrected chi connectivity index (χ0v) is 17.0.